The van der Waals surface area contributed by atoms with E-state index in [-0.39, 0.29) is 24.5 Å². The smallest absolute Gasteiger partial charge is 0.121 e. The molecule has 3 heteroatoms. The minimum absolute atomic E-state index is 0.204. The van der Waals surface area contributed by atoms with E-state index in [0.29, 0.717) is 11.7 Å². The Balaban J connectivity index is 1.93. The van der Waals surface area contributed by atoms with Gasteiger partial charge in [0.15, 0.2) is 0 Å². The molecular weight excluding hydrogens is 298 g/mol. The molecule has 2 aliphatic rings. The molecule has 1 aromatic carbocycles. The fraction of sp³-hybridized carbons (Fsp3) is 0.619. The van der Waals surface area contributed by atoms with Crippen LogP contribution in [0.1, 0.15) is 63.0 Å². The molecule has 0 aromatic heterocycles. The van der Waals surface area contributed by atoms with Crippen LogP contribution in [0.3, 0.4) is 0 Å². The Morgan fingerprint density at radius 1 is 1.29 bits per heavy atom. The van der Waals surface area contributed by atoms with Crippen LogP contribution in [0.2, 0.25) is 0 Å². The molecule has 1 saturated carbocycles. The summed E-state index contributed by atoms with van der Waals surface area (Å²) in [6.45, 7) is 8.69. The highest BCUT2D eigenvalue weighted by Crippen LogP contribution is 2.53. The van der Waals surface area contributed by atoms with Gasteiger partial charge < -0.3 is 15.5 Å². The van der Waals surface area contributed by atoms with Crippen molar-refractivity contribution in [2.75, 3.05) is 11.9 Å². The number of unbranched alkanes of at least 4 members (excludes halogenated alkanes) is 2. The van der Waals surface area contributed by atoms with Gasteiger partial charge in [0.05, 0.1) is 0 Å². The number of fused-ring (bicyclic) bond motifs is 3. The molecule has 132 valence electrons. The lowest BCUT2D eigenvalue weighted by Crippen LogP contribution is -2.40. The van der Waals surface area contributed by atoms with Gasteiger partial charge in [0.25, 0.3) is 0 Å². The number of phenols is 1. The number of hydrogen-bond donors (Lipinski definition) is 3. The molecule has 0 saturated heterocycles. The first-order valence-corrected chi connectivity index (χ1v) is 9.45. The van der Waals surface area contributed by atoms with E-state index in [1.54, 1.807) is 0 Å². The first-order valence-electron chi connectivity index (χ1n) is 9.45. The summed E-state index contributed by atoms with van der Waals surface area (Å²) in [4.78, 5) is 0. The summed E-state index contributed by atoms with van der Waals surface area (Å²) in [7, 11) is 0. The summed E-state index contributed by atoms with van der Waals surface area (Å²) in [5, 5.41) is 24.2. The van der Waals surface area contributed by atoms with Gasteiger partial charge in [-0.15, -0.1) is 0 Å². The Hall–Kier alpha value is -1.48. The van der Waals surface area contributed by atoms with Crippen molar-refractivity contribution < 1.29 is 10.2 Å². The Labute approximate surface area is 145 Å². The monoisotopic (exact) mass is 329 g/mol. The molecule has 0 radical (unpaired) electrons. The standard InChI is InChI=1S/C21H31NO2/c1-4-5-6-7-14-10-17-20(18(24)11-14)19-16(13(2)3)9-8-15(12-23)21(19)22-17/h10-11,15-16,19,21-24H,2,4-9,12H2,1,3H3. The third kappa shape index (κ3) is 3.06. The minimum atomic E-state index is 0.204. The van der Waals surface area contributed by atoms with Gasteiger partial charge in [-0.2, -0.15) is 0 Å². The number of rotatable bonds is 6. The van der Waals surface area contributed by atoms with Gasteiger partial charge in [-0.3, -0.25) is 0 Å². The summed E-state index contributed by atoms with van der Waals surface area (Å²) in [6, 6.07) is 4.38. The second-order valence-electron chi connectivity index (χ2n) is 7.70. The number of nitrogens with one attached hydrogen (secondary N) is 1. The van der Waals surface area contributed by atoms with Crippen molar-refractivity contribution >= 4 is 5.69 Å². The number of hydrogen-bond acceptors (Lipinski definition) is 3. The van der Waals surface area contributed by atoms with Gasteiger partial charge in [-0.05, 0) is 56.2 Å². The summed E-state index contributed by atoms with van der Waals surface area (Å²) >= 11 is 0. The van der Waals surface area contributed by atoms with Crippen LogP contribution in [-0.4, -0.2) is 22.9 Å². The highest BCUT2D eigenvalue weighted by Gasteiger charge is 2.46. The molecule has 0 bridgehead atoms. The van der Waals surface area contributed by atoms with Gasteiger partial charge in [0, 0.05) is 35.7 Å². The number of anilines is 1. The van der Waals surface area contributed by atoms with Crippen molar-refractivity contribution in [3.05, 3.63) is 35.4 Å². The number of aryl methyl sites for hydroxylation is 1. The maximum atomic E-state index is 10.7. The Kier molecular flexibility index (Phi) is 5.19. The van der Waals surface area contributed by atoms with Crippen LogP contribution in [0.5, 0.6) is 5.75 Å². The minimum Gasteiger partial charge on any atom is -0.508 e. The van der Waals surface area contributed by atoms with Gasteiger partial charge in [-0.25, -0.2) is 0 Å². The van der Waals surface area contributed by atoms with Crippen LogP contribution in [0.25, 0.3) is 0 Å². The largest absolute Gasteiger partial charge is 0.508 e. The normalized spacial score (nSPS) is 28.1. The average molecular weight is 329 g/mol. The first kappa shape index (κ1) is 17.3. The Morgan fingerprint density at radius 3 is 2.75 bits per heavy atom. The zero-order valence-corrected chi connectivity index (χ0v) is 15.0. The van der Waals surface area contributed by atoms with Crippen molar-refractivity contribution in [2.45, 2.75) is 64.3 Å². The first-order chi connectivity index (χ1) is 11.6. The maximum absolute atomic E-state index is 10.7. The van der Waals surface area contributed by atoms with Gasteiger partial charge in [-0.1, -0.05) is 31.9 Å². The molecule has 3 rings (SSSR count). The Morgan fingerprint density at radius 2 is 2.08 bits per heavy atom. The number of phenolic OH excluding ortho intramolecular Hbond substituents is 1. The van der Waals surface area contributed by atoms with E-state index in [1.165, 1.54) is 24.0 Å². The van der Waals surface area contributed by atoms with E-state index in [2.05, 4.69) is 31.8 Å². The van der Waals surface area contributed by atoms with Crippen molar-refractivity contribution in [3.8, 4) is 5.75 Å². The van der Waals surface area contributed by atoms with Crippen LogP contribution >= 0.6 is 0 Å². The van der Waals surface area contributed by atoms with E-state index in [9.17, 15) is 10.2 Å². The predicted octanol–water partition coefficient (Wildman–Crippen LogP) is 4.60. The van der Waals surface area contributed by atoms with Crippen molar-refractivity contribution in [1.82, 2.24) is 0 Å². The second-order valence-corrected chi connectivity index (χ2v) is 7.70. The predicted molar refractivity (Wildman–Crippen MR) is 99.6 cm³/mol. The molecule has 3 nitrogen and oxygen atoms in total. The topological polar surface area (TPSA) is 52.5 Å². The number of benzene rings is 1. The lowest BCUT2D eigenvalue weighted by Gasteiger charge is -2.39. The van der Waals surface area contributed by atoms with E-state index in [4.69, 9.17) is 0 Å². The highest BCUT2D eigenvalue weighted by atomic mass is 16.3. The zero-order valence-electron chi connectivity index (χ0n) is 15.0. The highest BCUT2D eigenvalue weighted by molar-refractivity contribution is 5.67. The summed E-state index contributed by atoms with van der Waals surface area (Å²) in [6.07, 6.45) is 6.66. The molecule has 4 atom stereocenters. The van der Waals surface area contributed by atoms with Crippen molar-refractivity contribution in [1.29, 1.82) is 0 Å². The molecule has 3 N–H and O–H groups in total. The zero-order chi connectivity index (χ0) is 17.3. The fourth-order valence-corrected chi connectivity index (χ4v) is 4.71. The average Bonchev–Trinajstić information content (AvgIpc) is 2.93. The number of aliphatic hydroxyl groups excluding tert-OH is 1. The summed E-state index contributed by atoms with van der Waals surface area (Å²) in [5.74, 6) is 1.28. The molecule has 24 heavy (non-hydrogen) atoms. The van der Waals surface area contributed by atoms with Crippen LogP contribution < -0.4 is 5.32 Å². The van der Waals surface area contributed by atoms with E-state index >= 15 is 0 Å². The Bertz CT molecular complexity index is 610. The molecule has 0 amide bonds. The van der Waals surface area contributed by atoms with Crippen LogP contribution in [0, 0.1) is 11.8 Å². The quantitative estimate of drug-likeness (QED) is 0.528. The SMILES string of the molecule is C=C(C)C1CCC(CO)C2Nc3cc(CCCCC)cc(O)c3C12. The molecule has 1 heterocycles. The maximum Gasteiger partial charge on any atom is 0.121 e. The number of allylic oxidation sites excluding steroid dienone is 1. The lowest BCUT2D eigenvalue weighted by molar-refractivity contribution is 0.150. The van der Waals surface area contributed by atoms with Gasteiger partial charge in [0.1, 0.15) is 5.75 Å². The van der Waals surface area contributed by atoms with E-state index < -0.39 is 0 Å². The molecule has 1 aromatic rings. The number of aromatic hydroxyl groups is 1. The van der Waals surface area contributed by atoms with Crippen LogP contribution in [0.4, 0.5) is 5.69 Å². The van der Waals surface area contributed by atoms with E-state index in [0.717, 1.165) is 36.9 Å². The third-order valence-corrected chi connectivity index (χ3v) is 5.99. The molecular formula is C21H31NO2. The molecule has 0 spiro atoms. The van der Waals surface area contributed by atoms with Gasteiger partial charge in [0.2, 0.25) is 0 Å². The fourth-order valence-electron chi connectivity index (χ4n) is 4.71. The summed E-state index contributed by atoms with van der Waals surface area (Å²) < 4.78 is 0. The molecule has 4 unspecified atom stereocenters. The molecule has 1 aliphatic carbocycles. The summed E-state index contributed by atoms with van der Waals surface area (Å²) in [5.41, 5.74) is 4.51. The molecule has 1 fully saturated rings. The lowest BCUT2D eigenvalue weighted by atomic mass is 9.67. The van der Waals surface area contributed by atoms with Gasteiger partial charge >= 0.3 is 0 Å². The van der Waals surface area contributed by atoms with Crippen molar-refractivity contribution in [3.63, 3.8) is 0 Å². The second kappa shape index (κ2) is 7.18. The third-order valence-electron chi connectivity index (χ3n) is 5.99. The van der Waals surface area contributed by atoms with E-state index in [1.807, 2.05) is 6.07 Å². The molecule has 1 aliphatic heterocycles. The number of aliphatic hydroxyl groups is 1. The van der Waals surface area contributed by atoms with Crippen LogP contribution in [0.15, 0.2) is 24.3 Å². The van der Waals surface area contributed by atoms with Crippen molar-refractivity contribution in [2.24, 2.45) is 11.8 Å². The van der Waals surface area contributed by atoms with Crippen LogP contribution in [-0.2, 0) is 6.42 Å².